The van der Waals surface area contributed by atoms with Gasteiger partial charge in [0, 0.05) is 18.0 Å². The first-order valence-corrected chi connectivity index (χ1v) is 8.14. The molecule has 0 spiro atoms. The third kappa shape index (κ3) is 3.52. The van der Waals surface area contributed by atoms with Crippen LogP contribution in [0.1, 0.15) is 31.9 Å². The maximum Gasteiger partial charge on any atom is 0.123 e. The number of likely N-dealkylation sites (tertiary alicyclic amines) is 1. The molecule has 1 fully saturated rings. The number of thioether (sulfide) groups is 1. The fraction of sp³-hybridized carbons (Fsp3) is 0.562. The van der Waals surface area contributed by atoms with Crippen LogP contribution in [0.3, 0.4) is 0 Å². The van der Waals surface area contributed by atoms with Gasteiger partial charge in [0.1, 0.15) is 6.04 Å². The van der Waals surface area contributed by atoms with Crippen LogP contribution in [0.15, 0.2) is 29.2 Å². The Morgan fingerprint density at radius 2 is 1.79 bits per heavy atom. The summed E-state index contributed by atoms with van der Waals surface area (Å²) in [7, 11) is 0. The van der Waals surface area contributed by atoms with Crippen molar-refractivity contribution in [2.24, 2.45) is 11.8 Å². The van der Waals surface area contributed by atoms with Crippen molar-refractivity contribution in [2.45, 2.75) is 31.2 Å². The highest BCUT2D eigenvalue weighted by molar-refractivity contribution is 7.98. The minimum atomic E-state index is -0.0962. The van der Waals surface area contributed by atoms with Gasteiger partial charge in [-0.05, 0) is 42.2 Å². The first-order chi connectivity index (χ1) is 9.13. The van der Waals surface area contributed by atoms with E-state index in [1.807, 2.05) is 0 Å². The zero-order valence-electron chi connectivity index (χ0n) is 12.0. The largest absolute Gasteiger partial charge is 0.284 e. The molecule has 0 aromatic heterocycles. The topological polar surface area (TPSA) is 27.0 Å². The average molecular weight is 274 g/mol. The van der Waals surface area contributed by atoms with Gasteiger partial charge in [-0.25, -0.2) is 0 Å². The molecule has 1 aliphatic heterocycles. The second-order valence-corrected chi connectivity index (χ2v) is 6.58. The van der Waals surface area contributed by atoms with Gasteiger partial charge in [-0.2, -0.15) is 5.26 Å². The minimum absolute atomic E-state index is 0.0962. The molecule has 3 unspecified atom stereocenters. The lowest BCUT2D eigenvalue weighted by atomic mass is 9.90. The van der Waals surface area contributed by atoms with Gasteiger partial charge in [0.05, 0.1) is 6.07 Å². The van der Waals surface area contributed by atoms with E-state index in [1.165, 1.54) is 11.3 Å². The maximum absolute atomic E-state index is 9.53. The third-order valence-corrected chi connectivity index (χ3v) is 4.56. The Morgan fingerprint density at radius 3 is 2.26 bits per heavy atom. The molecule has 2 rings (SSSR count). The first kappa shape index (κ1) is 14.4. The molecule has 1 aliphatic rings. The number of nitriles is 1. The van der Waals surface area contributed by atoms with E-state index in [0.717, 1.165) is 18.7 Å². The van der Waals surface area contributed by atoms with Gasteiger partial charge in [0.2, 0.25) is 0 Å². The molecule has 3 heteroatoms. The van der Waals surface area contributed by atoms with Gasteiger partial charge in [0.15, 0.2) is 0 Å². The molecule has 1 saturated heterocycles. The standard InChI is InChI=1S/C16H22N2S/c1-12-8-13(2)11-18(10-12)16(9-17)14-4-6-15(19-3)7-5-14/h4-7,12-13,16H,8,10-11H2,1-3H3. The molecule has 0 aliphatic carbocycles. The molecule has 0 bridgehead atoms. The fourth-order valence-corrected chi connectivity index (χ4v) is 3.48. The monoisotopic (exact) mass is 274 g/mol. The number of hydrogen-bond acceptors (Lipinski definition) is 3. The normalized spacial score (nSPS) is 25.8. The number of hydrogen-bond donors (Lipinski definition) is 0. The van der Waals surface area contributed by atoms with Crippen molar-refractivity contribution in [1.29, 1.82) is 5.26 Å². The predicted molar refractivity (Wildman–Crippen MR) is 81.1 cm³/mol. The third-order valence-electron chi connectivity index (χ3n) is 3.82. The maximum atomic E-state index is 9.53. The van der Waals surface area contributed by atoms with E-state index in [1.54, 1.807) is 11.8 Å². The Bertz CT molecular complexity index is 439. The molecule has 0 saturated carbocycles. The summed E-state index contributed by atoms with van der Waals surface area (Å²) >= 11 is 1.74. The van der Waals surface area contributed by atoms with Crippen molar-refractivity contribution in [3.8, 4) is 6.07 Å². The van der Waals surface area contributed by atoms with Crippen LogP contribution in [0, 0.1) is 23.2 Å². The fourth-order valence-electron chi connectivity index (χ4n) is 3.08. The van der Waals surface area contributed by atoms with Crippen LogP contribution in [0.25, 0.3) is 0 Å². The molecule has 0 amide bonds. The predicted octanol–water partition coefficient (Wildman–Crippen LogP) is 3.95. The van der Waals surface area contributed by atoms with Gasteiger partial charge in [0.25, 0.3) is 0 Å². The van der Waals surface area contributed by atoms with Gasteiger partial charge < -0.3 is 0 Å². The molecule has 2 nitrogen and oxygen atoms in total. The number of piperidine rings is 1. The molecule has 1 heterocycles. The highest BCUT2D eigenvalue weighted by Crippen LogP contribution is 2.29. The summed E-state index contributed by atoms with van der Waals surface area (Å²) < 4.78 is 0. The summed E-state index contributed by atoms with van der Waals surface area (Å²) in [6.45, 7) is 6.64. The number of rotatable bonds is 3. The summed E-state index contributed by atoms with van der Waals surface area (Å²) in [5.74, 6) is 1.37. The Balaban J connectivity index is 2.16. The molecular formula is C16H22N2S. The molecule has 1 aromatic rings. The average Bonchev–Trinajstić information content (AvgIpc) is 2.39. The van der Waals surface area contributed by atoms with E-state index in [9.17, 15) is 5.26 Å². The first-order valence-electron chi connectivity index (χ1n) is 6.91. The van der Waals surface area contributed by atoms with E-state index < -0.39 is 0 Å². The van der Waals surface area contributed by atoms with Crippen LogP contribution in [-0.2, 0) is 0 Å². The second-order valence-electron chi connectivity index (χ2n) is 5.70. The van der Waals surface area contributed by atoms with Crippen LogP contribution in [-0.4, -0.2) is 24.2 Å². The lowest BCUT2D eigenvalue weighted by molar-refractivity contribution is 0.117. The van der Waals surface area contributed by atoms with Gasteiger partial charge in [-0.15, -0.1) is 11.8 Å². The van der Waals surface area contributed by atoms with Crippen LogP contribution >= 0.6 is 11.8 Å². The summed E-state index contributed by atoms with van der Waals surface area (Å²) in [6.07, 6.45) is 3.35. The van der Waals surface area contributed by atoms with E-state index in [4.69, 9.17) is 0 Å². The van der Waals surface area contributed by atoms with E-state index in [0.29, 0.717) is 11.8 Å². The van der Waals surface area contributed by atoms with Crippen LogP contribution in [0.5, 0.6) is 0 Å². The lowest BCUT2D eigenvalue weighted by Crippen LogP contribution is -2.40. The van der Waals surface area contributed by atoms with Crippen LogP contribution in [0.2, 0.25) is 0 Å². The molecule has 19 heavy (non-hydrogen) atoms. The molecule has 1 aromatic carbocycles. The zero-order valence-corrected chi connectivity index (χ0v) is 12.8. The quantitative estimate of drug-likeness (QED) is 0.781. The van der Waals surface area contributed by atoms with Crippen LogP contribution < -0.4 is 0 Å². The Morgan fingerprint density at radius 1 is 1.21 bits per heavy atom. The minimum Gasteiger partial charge on any atom is -0.284 e. The van der Waals surface area contributed by atoms with E-state index >= 15 is 0 Å². The number of nitrogens with zero attached hydrogens (tertiary/aromatic N) is 2. The SMILES string of the molecule is CSc1ccc(C(C#N)N2CC(C)CC(C)C2)cc1. The summed E-state index contributed by atoms with van der Waals surface area (Å²) in [5.41, 5.74) is 1.13. The van der Waals surface area contributed by atoms with Crippen molar-refractivity contribution in [1.82, 2.24) is 4.90 Å². The molecule has 3 atom stereocenters. The smallest absolute Gasteiger partial charge is 0.123 e. The van der Waals surface area contributed by atoms with Crippen molar-refractivity contribution < 1.29 is 0 Å². The van der Waals surface area contributed by atoms with Gasteiger partial charge in [-0.3, -0.25) is 4.90 Å². The molecule has 0 N–H and O–H groups in total. The Labute approximate surface area is 120 Å². The van der Waals surface area contributed by atoms with Gasteiger partial charge >= 0.3 is 0 Å². The van der Waals surface area contributed by atoms with E-state index in [2.05, 4.69) is 55.3 Å². The van der Waals surface area contributed by atoms with Crippen molar-refractivity contribution in [3.63, 3.8) is 0 Å². The highest BCUT2D eigenvalue weighted by Gasteiger charge is 2.28. The van der Waals surface area contributed by atoms with Crippen molar-refractivity contribution in [2.75, 3.05) is 19.3 Å². The van der Waals surface area contributed by atoms with Crippen LogP contribution in [0.4, 0.5) is 0 Å². The molecular weight excluding hydrogens is 252 g/mol. The zero-order chi connectivity index (χ0) is 13.8. The molecule has 102 valence electrons. The number of benzene rings is 1. The highest BCUT2D eigenvalue weighted by atomic mass is 32.2. The lowest BCUT2D eigenvalue weighted by Gasteiger charge is -2.37. The van der Waals surface area contributed by atoms with Crippen molar-refractivity contribution in [3.05, 3.63) is 29.8 Å². The Kier molecular flexibility index (Phi) is 4.90. The van der Waals surface area contributed by atoms with Crippen molar-refractivity contribution >= 4 is 11.8 Å². The summed E-state index contributed by atoms with van der Waals surface area (Å²) in [5, 5.41) is 9.53. The van der Waals surface area contributed by atoms with E-state index in [-0.39, 0.29) is 6.04 Å². The molecule has 0 radical (unpaired) electrons. The summed E-state index contributed by atoms with van der Waals surface area (Å²) in [4.78, 5) is 3.59. The Hall–Kier alpha value is -0.980. The second kappa shape index (κ2) is 6.45. The summed E-state index contributed by atoms with van der Waals surface area (Å²) in [6, 6.07) is 10.8. The van der Waals surface area contributed by atoms with Gasteiger partial charge in [-0.1, -0.05) is 26.0 Å².